The zero-order valence-corrected chi connectivity index (χ0v) is 7.03. The van der Waals surface area contributed by atoms with E-state index in [1.54, 1.807) is 0 Å². The molecule has 0 bridgehead atoms. The molecule has 0 saturated heterocycles. The molecule has 0 unspecified atom stereocenters. The first kappa shape index (κ1) is 8.06. The third-order valence-electron chi connectivity index (χ3n) is 2.40. The Kier molecular flexibility index (Phi) is 2.72. The van der Waals surface area contributed by atoms with Gasteiger partial charge in [0.25, 0.3) is 0 Å². The predicted octanol–water partition coefficient (Wildman–Crippen LogP) is 2.58. The third-order valence-corrected chi connectivity index (χ3v) is 2.68. The minimum atomic E-state index is -0.132. The first-order valence-corrected chi connectivity index (χ1v) is 4.29. The molecule has 2 atom stereocenters. The second-order valence-corrected chi connectivity index (χ2v) is 3.54. The van der Waals surface area contributed by atoms with Crippen molar-refractivity contribution >= 4 is 16.8 Å². The molecular formula is C8H13ClO. The van der Waals surface area contributed by atoms with Gasteiger partial charge in [-0.25, -0.2) is 0 Å². The third kappa shape index (κ3) is 1.72. The molecule has 0 aromatic heterocycles. The Hall–Kier alpha value is -0.0400. The highest BCUT2D eigenvalue weighted by Gasteiger charge is 2.25. The van der Waals surface area contributed by atoms with Gasteiger partial charge < -0.3 is 0 Å². The van der Waals surface area contributed by atoms with Crippen LogP contribution in [0.4, 0.5) is 0 Å². The average Bonchev–Trinajstić information content (AvgIpc) is 1.88. The fourth-order valence-electron chi connectivity index (χ4n) is 1.65. The second-order valence-electron chi connectivity index (χ2n) is 3.17. The Morgan fingerprint density at radius 2 is 2.00 bits per heavy atom. The Balaban J connectivity index is 2.47. The number of rotatable bonds is 1. The summed E-state index contributed by atoms with van der Waals surface area (Å²) in [5.74, 6) is 0.661. The van der Waals surface area contributed by atoms with Crippen molar-refractivity contribution in [1.82, 2.24) is 0 Å². The number of hydrogen-bond donors (Lipinski definition) is 0. The first-order valence-electron chi connectivity index (χ1n) is 3.91. The van der Waals surface area contributed by atoms with E-state index in [4.69, 9.17) is 11.6 Å². The SMILES string of the molecule is C[C@H]1CCCC[C@H]1C(=O)Cl. The maximum atomic E-state index is 10.8. The lowest BCUT2D eigenvalue weighted by Gasteiger charge is -2.24. The van der Waals surface area contributed by atoms with Crippen molar-refractivity contribution in [1.29, 1.82) is 0 Å². The molecule has 0 N–H and O–H groups in total. The van der Waals surface area contributed by atoms with E-state index in [0.29, 0.717) is 5.92 Å². The Labute approximate surface area is 66.8 Å². The quantitative estimate of drug-likeness (QED) is 0.539. The lowest BCUT2D eigenvalue weighted by atomic mass is 9.81. The number of hydrogen-bond acceptors (Lipinski definition) is 1. The van der Waals surface area contributed by atoms with Crippen LogP contribution in [-0.4, -0.2) is 5.24 Å². The van der Waals surface area contributed by atoms with Gasteiger partial charge in [0.15, 0.2) is 0 Å². The molecule has 10 heavy (non-hydrogen) atoms. The second kappa shape index (κ2) is 3.38. The van der Waals surface area contributed by atoms with Gasteiger partial charge in [-0.05, 0) is 30.4 Å². The van der Waals surface area contributed by atoms with Crippen LogP contribution in [0.5, 0.6) is 0 Å². The van der Waals surface area contributed by atoms with E-state index in [-0.39, 0.29) is 11.2 Å². The highest BCUT2D eigenvalue weighted by molar-refractivity contribution is 6.64. The molecule has 1 aliphatic carbocycles. The topological polar surface area (TPSA) is 17.1 Å². The molecule has 0 aromatic carbocycles. The monoisotopic (exact) mass is 160 g/mol. The molecule has 1 saturated carbocycles. The van der Waals surface area contributed by atoms with Gasteiger partial charge in [-0.3, -0.25) is 4.79 Å². The summed E-state index contributed by atoms with van der Waals surface area (Å²) in [6.45, 7) is 2.12. The molecule has 0 spiro atoms. The molecule has 0 aromatic rings. The molecule has 1 rings (SSSR count). The van der Waals surface area contributed by atoms with Crippen molar-refractivity contribution in [2.75, 3.05) is 0 Å². The highest BCUT2D eigenvalue weighted by Crippen LogP contribution is 2.30. The van der Waals surface area contributed by atoms with Crippen molar-refractivity contribution in [3.63, 3.8) is 0 Å². The zero-order valence-electron chi connectivity index (χ0n) is 6.27. The summed E-state index contributed by atoms with van der Waals surface area (Å²) in [5.41, 5.74) is 0. The molecule has 0 amide bonds. The molecule has 0 aliphatic heterocycles. The summed E-state index contributed by atoms with van der Waals surface area (Å²) in [7, 11) is 0. The van der Waals surface area contributed by atoms with E-state index >= 15 is 0 Å². The Morgan fingerprint density at radius 1 is 1.40 bits per heavy atom. The summed E-state index contributed by atoms with van der Waals surface area (Å²) >= 11 is 5.41. The Bertz CT molecular complexity index is 133. The molecule has 58 valence electrons. The van der Waals surface area contributed by atoms with E-state index < -0.39 is 0 Å². The van der Waals surface area contributed by atoms with Gasteiger partial charge in [0.1, 0.15) is 0 Å². The predicted molar refractivity (Wildman–Crippen MR) is 42.0 cm³/mol. The summed E-state index contributed by atoms with van der Waals surface area (Å²) in [6, 6.07) is 0. The fraction of sp³-hybridized carbons (Fsp3) is 0.875. The van der Waals surface area contributed by atoms with Gasteiger partial charge in [0.05, 0.1) is 0 Å². The van der Waals surface area contributed by atoms with Gasteiger partial charge in [-0.15, -0.1) is 0 Å². The van der Waals surface area contributed by atoms with Crippen LogP contribution in [0.15, 0.2) is 0 Å². The average molecular weight is 161 g/mol. The van der Waals surface area contributed by atoms with Gasteiger partial charge >= 0.3 is 0 Å². The van der Waals surface area contributed by atoms with Crippen molar-refractivity contribution < 1.29 is 4.79 Å². The molecule has 1 nitrogen and oxygen atoms in total. The van der Waals surface area contributed by atoms with Crippen molar-refractivity contribution in [2.24, 2.45) is 11.8 Å². The highest BCUT2D eigenvalue weighted by atomic mass is 35.5. The van der Waals surface area contributed by atoms with E-state index in [1.165, 1.54) is 19.3 Å². The molecule has 2 heteroatoms. The van der Waals surface area contributed by atoms with Crippen LogP contribution in [0.25, 0.3) is 0 Å². The van der Waals surface area contributed by atoms with E-state index in [9.17, 15) is 4.79 Å². The van der Waals surface area contributed by atoms with Gasteiger partial charge in [-0.2, -0.15) is 0 Å². The Morgan fingerprint density at radius 3 is 2.40 bits per heavy atom. The van der Waals surface area contributed by atoms with Crippen molar-refractivity contribution in [3.8, 4) is 0 Å². The van der Waals surface area contributed by atoms with Crippen LogP contribution in [0.2, 0.25) is 0 Å². The summed E-state index contributed by atoms with van der Waals surface area (Å²) in [6.07, 6.45) is 4.61. The smallest absolute Gasteiger partial charge is 0.224 e. The minimum Gasteiger partial charge on any atom is -0.281 e. The normalized spacial score (nSPS) is 33.8. The van der Waals surface area contributed by atoms with Crippen LogP contribution >= 0.6 is 11.6 Å². The van der Waals surface area contributed by atoms with Crippen molar-refractivity contribution in [3.05, 3.63) is 0 Å². The molecular weight excluding hydrogens is 148 g/mol. The van der Waals surface area contributed by atoms with Crippen LogP contribution in [0, 0.1) is 11.8 Å². The zero-order chi connectivity index (χ0) is 7.56. The van der Waals surface area contributed by atoms with Crippen LogP contribution in [-0.2, 0) is 4.79 Å². The number of carbonyl (C=O) groups is 1. The molecule has 1 aliphatic rings. The first-order chi connectivity index (χ1) is 4.72. The van der Waals surface area contributed by atoms with E-state index in [2.05, 4.69) is 6.92 Å². The van der Waals surface area contributed by atoms with E-state index in [1.807, 2.05) is 0 Å². The molecule has 1 fully saturated rings. The van der Waals surface area contributed by atoms with Crippen LogP contribution in [0.1, 0.15) is 32.6 Å². The summed E-state index contributed by atoms with van der Waals surface area (Å²) < 4.78 is 0. The van der Waals surface area contributed by atoms with E-state index in [0.717, 1.165) is 6.42 Å². The van der Waals surface area contributed by atoms with Gasteiger partial charge in [-0.1, -0.05) is 19.8 Å². The summed E-state index contributed by atoms with van der Waals surface area (Å²) in [4.78, 5) is 10.8. The largest absolute Gasteiger partial charge is 0.281 e. The van der Waals surface area contributed by atoms with Crippen LogP contribution in [0.3, 0.4) is 0 Å². The minimum absolute atomic E-state index is 0.132. The number of halogens is 1. The molecule has 0 radical (unpaired) electrons. The van der Waals surface area contributed by atoms with Crippen molar-refractivity contribution in [2.45, 2.75) is 32.6 Å². The number of carbonyl (C=O) groups excluding carboxylic acids is 1. The van der Waals surface area contributed by atoms with Gasteiger partial charge in [0, 0.05) is 5.92 Å². The van der Waals surface area contributed by atoms with Crippen LogP contribution < -0.4 is 0 Å². The standard InChI is InChI=1S/C8H13ClO/c1-6-4-2-3-5-7(6)8(9)10/h6-7H,2-5H2,1H3/t6-,7+/m0/s1. The lowest BCUT2D eigenvalue weighted by Crippen LogP contribution is -2.21. The maximum absolute atomic E-state index is 10.8. The summed E-state index contributed by atoms with van der Waals surface area (Å²) in [5, 5.41) is -0.132. The molecule has 0 heterocycles. The lowest BCUT2D eigenvalue weighted by molar-refractivity contribution is -0.117. The fourth-order valence-corrected chi connectivity index (χ4v) is 1.98. The maximum Gasteiger partial charge on any atom is 0.224 e. The van der Waals surface area contributed by atoms with Gasteiger partial charge in [0.2, 0.25) is 5.24 Å².